The fraction of sp³-hybridized carbons (Fsp3) is 0.276. The Labute approximate surface area is 263 Å². The molecule has 44 heavy (non-hydrogen) atoms. The van der Waals surface area contributed by atoms with E-state index in [0.29, 0.717) is 21.4 Å². The molecule has 236 valence electrons. The maximum absolute atomic E-state index is 15.9. The largest absolute Gasteiger partial charge is 0.756 e. The molecule has 0 aliphatic heterocycles. The SMILES string of the molecule is CC(C)(O)c1cn(-c2ccc(-c3cc(F)c(COP(=O)([O-])O)c(S(C)(=O)=O)c3)cc2F)c(C(C)(C)c2c(Cl)cccc2Cl)n1. The molecule has 0 spiro atoms. The predicted molar refractivity (Wildman–Crippen MR) is 160 cm³/mol. The minimum atomic E-state index is -5.28. The molecule has 0 fully saturated rings. The summed E-state index contributed by atoms with van der Waals surface area (Å²) >= 11 is 13.0. The average molecular weight is 688 g/mol. The number of sulfone groups is 1. The van der Waals surface area contributed by atoms with Crippen LogP contribution in [0.4, 0.5) is 8.78 Å². The van der Waals surface area contributed by atoms with E-state index in [1.165, 1.54) is 36.7 Å². The molecule has 1 aromatic heterocycles. The van der Waals surface area contributed by atoms with E-state index in [4.69, 9.17) is 28.1 Å². The standard InChI is InChI=1S/C29H29Cl2F2N2O7PS/c1-28(2,26-19(30)7-6-8-20(26)31)27-34-25(29(3,4)36)14-35(27)23-10-9-16(11-22(23)33)17-12-21(32)18(15-42-43(37,38)39)24(13-17)44(5,40)41/h6-14,36H,15H2,1-5H3,(H2,37,38,39)/p-1. The molecule has 0 amide bonds. The molecular weight excluding hydrogens is 660 g/mol. The van der Waals surface area contributed by atoms with Gasteiger partial charge in [0.15, 0.2) is 9.84 Å². The molecule has 3 aromatic carbocycles. The Morgan fingerprint density at radius 2 is 1.61 bits per heavy atom. The van der Waals surface area contributed by atoms with Crippen molar-refractivity contribution in [1.82, 2.24) is 9.55 Å². The lowest BCUT2D eigenvalue weighted by molar-refractivity contribution is -0.221. The topological polar surface area (TPSA) is 142 Å². The Morgan fingerprint density at radius 3 is 2.14 bits per heavy atom. The van der Waals surface area contributed by atoms with E-state index in [1.54, 1.807) is 32.0 Å². The summed E-state index contributed by atoms with van der Waals surface area (Å²) in [5.41, 5.74) is -2.20. The summed E-state index contributed by atoms with van der Waals surface area (Å²) in [5.74, 6) is -1.65. The highest BCUT2D eigenvalue weighted by molar-refractivity contribution is 7.90. The van der Waals surface area contributed by atoms with Gasteiger partial charge in [-0.15, -0.1) is 0 Å². The first-order valence-electron chi connectivity index (χ1n) is 12.9. The van der Waals surface area contributed by atoms with Crippen molar-refractivity contribution in [2.45, 2.75) is 50.2 Å². The van der Waals surface area contributed by atoms with Crippen LogP contribution < -0.4 is 4.89 Å². The fourth-order valence-electron chi connectivity index (χ4n) is 4.78. The van der Waals surface area contributed by atoms with Gasteiger partial charge in [-0.05, 0) is 75.2 Å². The summed E-state index contributed by atoms with van der Waals surface area (Å²) in [5, 5.41) is 11.4. The number of hydrogen-bond donors (Lipinski definition) is 2. The summed E-state index contributed by atoms with van der Waals surface area (Å²) in [6, 6.07) is 10.8. The van der Waals surface area contributed by atoms with Gasteiger partial charge < -0.3 is 19.4 Å². The van der Waals surface area contributed by atoms with E-state index >= 15 is 8.78 Å². The van der Waals surface area contributed by atoms with Crippen molar-refractivity contribution in [3.8, 4) is 16.8 Å². The lowest BCUT2D eigenvalue weighted by Crippen LogP contribution is -2.25. The molecule has 0 saturated carbocycles. The van der Waals surface area contributed by atoms with E-state index in [2.05, 4.69) is 9.51 Å². The molecule has 0 aliphatic carbocycles. The summed E-state index contributed by atoms with van der Waals surface area (Å²) < 4.78 is 72.6. The number of halogens is 4. The molecule has 15 heteroatoms. The summed E-state index contributed by atoms with van der Waals surface area (Å²) in [6.07, 6.45) is 2.26. The first-order chi connectivity index (χ1) is 20.1. The van der Waals surface area contributed by atoms with E-state index in [-0.39, 0.29) is 22.5 Å². The van der Waals surface area contributed by atoms with E-state index in [9.17, 15) is 23.0 Å². The van der Waals surface area contributed by atoms with Crippen LogP contribution in [-0.2, 0) is 36.5 Å². The fourth-order valence-corrected chi connectivity index (χ4v) is 6.89. The van der Waals surface area contributed by atoms with Crippen LogP contribution in [0.1, 0.15) is 50.3 Å². The smallest absolute Gasteiger partial charge is 0.265 e. The first kappa shape index (κ1) is 34.2. The summed E-state index contributed by atoms with van der Waals surface area (Å²) in [4.78, 5) is 24.0. The third-order valence-corrected chi connectivity index (χ3v) is 9.19. The van der Waals surface area contributed by atoms with Crippen molar-refractivity contribution in [2.24, 2.45) is 0 Å². The van der Waals surface area contributed by atoms with Gasteiger partial charge in [-0.25, -0.2) is 22.2 Å². The zero-order chi connectivity index (χ0) is 33.0. The van der Waals surface area contributed by atoms with Gasteiger partial charge >= 0.3 is 0 Å². The molecule has 2 N–H and O–H groups in total. The van der Waals surface area contributed by atoms with Crippen molar-refractivity contribution in [3.63, 3.8) is 0 Å². The molecule has 0 bridgehead atoms. The number of benzene rings is 3. The van der Waals surface area contributed by atoms with Gasteiger partial charge in [0, 0.05) is 33.6 Å². The van der Waals surface area contributed by atoms with Gasteiger partial charge in [0.05, 0.1) is 28.3 Å². The Balaban J connectivity index is 1.88. The number of aliphatic hydroxyl groups is 1. The number of aromatic nitrogens is 2. The maximum atomic E-state index is 15.9. The molecule has 0 radical (unpaired) electrons. The van der Waals surface area contributed by atoms with Gasteiger partial charge in [0.25, 0.3) is 7.82 Å². The molecule has 0 saturated heterocycles. The molecule has 1 heterocycles. The second kappa shape index (κ2) is 11.9. The van der Waals surface area contributed by atoms with Crippen molar-refractivity contribution in [1.29, 1.82) is 0 Å². The Bertz CT molecular complexity index is 1900. The molecule has 0 aliphatic rings. The van der Waals surface area contributed by atoms with Crippen LogP contribution in [0.15, 0.2) is 59.6 Å². The van der Waals surface area contributed by atoms with Crippen molar-refractivity contribution in [2.75, 3.05) is 6.26 Å². The van der Waals surface area contributed by atoms with Crippen molar-refractivity contribution >= 4 is 40.9 Å². The highest BCUT2D eigenvalue weighted by Gasteiger charge is 2.36. The van der Waals surface area contributed by atoms with Gasteiger partial charge in [-0.3, -0.25) is 9.13 Å². The van der Waals surface area contributed by atoms with Crippen LogP contribution in [0, 0.1) is 11.6 Å². The molecule has 4 rings (SSSR count). The highest BCUT2D eigenvalue weighted by Crippen LogP contribution is 2.42. The normalized spacial score (nSPS) is 14.1. The lowest BCUT2D eigenvalue weighted by Gasteiger charge is -2.28. The molecular formula is C29H28Cl2F2N2O7PS-. The van der Waals surface area contributed by atoms with E-state index in [1.807, 2.05) is 0 Å². The minimum absolute atomic E-state index is 0.00553. The third kappa shape index (κ3) is 7.08. The van der Waals surface area contributed by atoms with Crippen LogP contribution in [0.25, 0.3) is 16.8 Å². The Morgan fingerprint density at radius 1 is 1.02 bits per heavy atom. The van der Waals surface area contributed by atoms with Crippen LogP contribution in [0.3, 0.4) is 0 Å². The zero-order valence-electron chi connectivity index (χ0n) is 24.1. The number of phosphoric acid groups is 1. The molecule has 1 unspecified atom stereocenters. The van der Waals surface area contributed by atoms with Crippen LogP contribution in [0.2, 0.25) is 10.0 Å². The Hall–Kier alpha value is -2.67. The molecule has 4 aromatic rings. The van der Waals surface area contributed by atoms with Gasteiger partial charge in [0.1, 0.15) is 23.1 Å². The monoisotopic (exact) mass is 687 g/mol. The summed E-state index contributed by atoms with van der Waals surface area (Å²) in [6.45, 7) is 5.57. The van der Waals surface area contributed by atoms with E-state index < -0.39 is 57.4 Å². The summed E-state index contributed by atoms with van der Waals surface area (Å²) in [7, 11) is -9.41. The van der Waals surface area contributed by atoms with Crippen molar-refractivity contribution in [3.05, 3.63) is 99.1 Å². The third-order valence-electron chi connectivity index (χ3n) is 6.95. The quantitative estimate of drug-likeness (QED) is 0.202. The minimum Gasteiger partial charge on any atom is -0.756 e. The number of imidazole rings is 1. The van der Waals surface area contributed by atoms with Gasteiger partial charge in [0.2, 0.25) is 0 Å². The number of nitrogens with zero attached hydrogens (tertiary/aromatic N) is 2. The lowest BCUT2D eigenvalue weighted by atomic mass is 9.83. The van der Waals surface area contributed by atoms with Crippen LogP contribution >= 0.6 is 31.0 Å². The van der Waals surface area contributed by atoms with Crippen LogP contribution in [0.5, 0.6) is 0 Å². The van der Waals surface area contributed by atoms with Crippen molar-refractivity contribution < 1.29 is 41.2 Å². The Kier molecular flexibility index (Phi) is 9.27. The van der Waals surface area contributed by atoms with E-state index in [0.717, 1.165) is 24.5 Å². The highest BCUT2D eigenvalue weighted by atomic mass is 35.5. The number of phosphoric ester groups is 1. The first-order valence-corrected chi connectivity index (χ1v) is 17.0. The maximum Gasteiger partial charge on any atom is 0.265 e. The van der Waals surface area contributed by atoms with Gasteiger partial charge in [-0.1, -0.05) is 35.3 Å². The predicted octanol–water partition coefficient (Wildman–Crippen LogP) is 6.06. The second-order valence-electron chi connectivity index (χ2n) is 11.2. The average Bonchev–Trinajstić information content (AvgIpc) is 3.33. The number of hydrogen-bond acceptors (Lipinski definition) is 7. The molecule has 1 atom stereocenters. The zero-order valence-corrected chi connectivity index (χ0v) is 27.3. The van der Waals surface area contributed by atoms with Crippen LogP contribution in [-0.4, -0.2) is 34.2 Å². The number of rotatable bonds is 9. The second-order valence-corrected chi connectivity index (χ2v) is 15.2. The van der Waals surface area contributed by atoms with Gasteiger partial charge in [-0.2, -0.15) is 0 Å². The molecule has 9 nitrogen and oxygen atoms in total.